The van der Waals surface area contributed by atoms with E-state index in [1.807, 2.05) is 0 Å². The fourth-order valence-corrected chi connectivity index (χ4v) is 2.62. The molecule has 0 spiro atoms. The van der Waals surface area contributed by atoms with Crippen molar-refractivity contribution in [2.75, 3.05) is 26.4 Å². The number of carbonyl (C=O) groups excluding carboxylic acids is 1. The lowest BCUT2D eigenvalue weighted by Gasteiger charge is -2.14. The molecular formula is C13H14ClNO3. The van der Waals surface area contributed by atoms with Crippen LogP contribution >= 0.6 is 11.6 Å². The Morgan fingerprint density at radius 2 is 1.89 bits per heavy atom. The molecule has 4 nitrogen and oxygen atoms in total. The van der Waals surface area contributed by atoms with Crippen LogP contribution in [0.2, 0.25) is 5.02 Å². The lowest BCUT2D eigenvalue weighted by atomic mass is 10.1. The van der Waals surface area contributed by atoms with Gasteiger partial charge in [0.2, 0.25) is 6.79 Å². The molecule has 0 bridgehead atoms. The van der Waals surface area contributed by atoms with E-state index in [2.05, 4.69) is 4.90 Å². The summed E-state index contributed by atoms with van der Waals surface area (Å²) in [6.07, 6.45) is 2.34. The Hall–Kier alpha value is -1.26. The number of Topliss-reactive ketones (excluding diaryl/α,β-unsaturated/α-hetero) is 1. The van der Waals surface area contributed by atoms with Crippen molar-refractivity contribution in [2.24, 2.45) is 0 Å². The van der Waals surface area contributed by atoms with Crippen LogP contribution in [0.3, 0.4) is 0 Å². The van der Waals surface area contributed by atoms with Gasteiger partial charge in [0.25, 0.3) is 0 Å². The molecule has 2 heterocycles. The highest BCUT2D eigenvalue weighted by Crippen LogP contribution is 2.37. The van der Waals surface area contributed by atoms with Gasteiger partial charge in [0.15, 0.2) is 17.3 Å². The molecule has 0 saturated carbocycles. The van der Waals surface area contributed by atoms with Crippen LogP contribution in [-0.2, 0) is 0 Å². The number of rotatable bonds is 3. The summed E-state index contributed by atoms with van der Waals surface area (Å²) in [7, 11) is 0. The van der Waals surface area contributed by atoms with Gasteiger partial charge in [-0.3, -0.25) is 9.69 Å². The first-order valence-electron chi connectivity index (χ1n) is 6.09. The molecule has 96 valence electrons. The van der Waals surface area contributed by atoms with Gasteiger partial charge in [-0.1, -0.05) is 11.6 Å². The number of benzene rings is 1. The van der Waals surface area contributed by atoms with E-state index in [9.17, 15) is 4.79 Å². The fourth-order valence-electron chi connectivity index (χ4n) is 2.36. The molecule has 0 radical (unpaired) electrons. The van der Waals surface area contributed by atoms with Crippen LogP contribution in [0.15, 0.2) is 12.1 Å². The van der Waals surface area contributed by atoms with Gasteiger partial charge in [0.05, 0.1) is 11.6 Å². The first kappa shape index (κ1) is 11.8. The molecule has 2 aliphatic rings. The van der Waals surface area contributed by atoms with Crippen molar-refractivity contribution in [3.8, 4) is 11.5 Å². The predicted molar refractivity (Wildman–Crippen MR) is 67.6 cm³/mol. The molecule has 1 aromatic carbocycles. The number of halogens is 1. The Labute approximate surface area is 110 Å². The highest BCUT2D eigenvalue weighted by atomic mass is 35.5. The molecule has 1 fully saturated rings. The van der Waals surface area contributed by atoms with Gasteiger partial charge in [0.1, 0.15) is 0 Å². The maximum Gasteiger partial charge on any atom is 0.231 e. The van der Waals surface area contributed by atoms with Crippen molar-refractivity contribution < 1.29 is 14.3 Å². The highest BCUT2D eigenvalue weighted by molar-refractivity contribution is 6.34. The van der Waals surface area contributed by atoms with E-state index in [4.69, 9.17) is 21.1 Å². The van der Waals surface area contributed by atoms with Gasteiger partial charge < -0.3 is 9.47 Å². The Balaban J connectivity index is 1.80. The molecule has 2 aliphatic heterocycles. The summed E-state index contributed by atoms with van der Waals surface area (Å²) in [5.41, 5.74) is 0.521. The molecule has 0 aliphatic carbocycles. The third kappa shape index (κ3) is 2.18. The second kappa shape index (κ2) is 4.78. The smallest absolute Gasteiger partial charge is 0.231 e. The number of nitrogens with zero attached hydrogens (tertiary/aromatic N) is 1. The lowest BCUT2D eigenvalue weighted by molar-refractivity contribution is 0.0945. The van der Waals surface area contributed by atoms with E-state index in [0.717, 1.165) is 13.1 Å². The Morgan fingerprint density at radius 3 is 2.61 bits per heavy atom. The van der Waals surface area contributed by atoms with E-state index in [0.29, 0.717) is 28.6 Å². The third-order valence-corrected chi connectivity index (χ3v) is 3.64. The van der Waals surface area contributed by atoms with Gasteiger partial charge in [0, 0.05) is 11.6 Å². The van der Waals surface area contributed by atoms with Crippen molar-refractivity contribution >= 4 is 17.4 Å². The normalized spacial score (nSPS) is 18.3. The quantitative estimate of drug-likeness (QED) is 0.788. The molecule has 18 heavy (non-hydrogen) atoms. The first-order valence-corrected chi connectivity index (χ1v) is 6.46. The standard InChI is InChI=1S/C13H14ClNO3/c14-10-6-13-12(17-8-18-13)5-9(10)11(16)7-15-3-1-2-4-15/h5-6H,1-4,7-8H2. The van der Waals surface area contributed by atoms with Crippen LogP contribution < -0.4 is 9.47 Å². The molecule has 1 saturated heterocycles. The lowest BCUT2D eigenvalue weighted by Crippen LogP contribution is -2.27. The van der Waals surface area contributed by atoms with Crippen molar-refractivity contribution in [3.05, 3.63) is 22.7 Å². The molecular weight excluding hydrogens is 254 g/mol. The van der Waals surface area contributed by atoms with E-state index < -0.39 is 0 Å². The highest BCUT2D eigenvalue weighted by Gasteiger charge is 2.22. The summed E-state index contributed by atoms with van der Waals surface area (Å²) in [6.45, 7) is 2.61. The number of carbonyl (C=O) groups is 1. The average Bonchev–Trinajstić information content (AvgIpc) is 2.98. The number of fused-ring (bicyclic) bond motifs is 1. The summed E-state index contributed by atoms with van der Waals surface area (Å²) < 4.78 is 10.5. The first-order chi connectivity index (χ1) is 8.74. The number of hydrogen-bond acceptors (Lipinski definition) is 4. The molecule has 1 aromatic rings. The average molecular weight is 268 g/mol. The maximum atomic E-state index is 12.2. The molecule has 0 amide bonds. The van der Waals surface area contributed by atoms with Crippen LogP contribution in [0.25, 0.3) is 0 Å². The minimum absolute atomic E-state index is 0.0419. The van der Waals surface area contributed by atoms with Crippen LogP contribution in [-0.4, -0.2) is 37.1 Å². The second-order valence-corrected chi connectivity index (χ2v) is 5.00. The van der Waals surface area contributed by atoms with Gasteiger partial charge in [-0.25, -0.2) is 0 Å². The van der Waals surface area contributed by atoms with Gasteiger partial charge >= 0.3 is 0 Å². The summed E-state index contributed by atoms with van der Waals surface area (Å²) in [4.78, 5) is 14.4. The van der Waals surface area contributed by atoms with E-state index in [1.54, 1.807) is 12.1 Å². The van der Waals surface area contributed by atoms with E-state index in [-0.39, 0.29) is 12.6 Å². The molecule has 0 aromatic heterocycles. The number of ketones is 1. The number of likely N-dealkylation sites (tertiary alicyclic amines) is 1. The Morgan fingerprint density at radius 1 is 1.22 bits per heavy atom. The van der Waals surface area contributed by atoms with Crippen LogP contribution in [0.5, 0.6) is 11.5 Å². The zero-order valence-corrected chi connectivity index (χ0v) is 10.7. The molecule has 3 rings (SSSR count). The van der Waals surface area contributed by atoms with Crippen molar-refractivity contribution in [2.45, 2.75) is 12.8 Å². The van der Waals surface area contributed by atoms with Gasteiger partial charge in [-0.05, 0) is 32.0 Å². The molecule has 5 heteroatoms. The van der Waals surface area contributed by atoms with Crippen molar-refractivity contribution in [3.63, 3.8) is 0 Å². The SMILES string of the molecule is O=C(CN1CCCC1)c1cc2c(cc1Cl)OCO2. The second-order valence-electron chi connectivity index (χ2n) is 4.59. The largest absolute Gasteiger partial charge is 0.454 e. The fraction of sp³-hybridized carbons (Fsp3) is 0.462. The predicted octanol–water partition coefficient (Wildman–Crippen LogP) is 2.35. The molecule has 0 unspecified atom stereocenters. The van der Waals surface area contributed by atoms with Crippen LogP contribution in [0, 0.1) is 0 Å². The minimum atomic E-state index is 0.0419. The van der Waals surface area contributed by atoms with Gasteiger partial charge in [-0.2, -0.15) is 0 Å². The Bertz CT molecular complexity index is 483. The number of ether oxygens (including phenoxy) is 2. The maximum absolute atomic E-state index is 12.2. The van der Waals surface area contributed by atoms with Crippen molar-refractivity contribution in [1.82, 2.24) is 4.90 Å². The topological polar surface area (TPSA) is 38.8 Å². The van der Waals surface area contributed by atoms with Crippen LogP contribution in [0.4, 0.5) is 0 Å². The summed E-state index contributed by atoms with van der Waals surface area (Å²) in [5.74, 6) is 1.25. The van der Waals surface area contributed by atoms with Crippen molar-refractivity contribution in [1.29, 1.82) is 0 Å². The summed E-state index contributed by atoms with van der Waals surface area (Å²) >= 11 is 6.11. The van der Waals surface area contributed by atoms with Crippen LogP contribution in [0.1, 0.15) is 23.2 Å². The van der Waals surface area contributed by atoms with E-state index in [1.165, 1.54) is 12.8 Å². The minimum Gasteiger partial charge on any atom is -0.454 e. The summed E-state index contributed by atoms with van der Waals surface area (Å²) in [5, 5.41) is 0.434. The molecule has 0 N–H and O–H groups in total. The Kier molecular flexibility index (Phi) is 3.14. The van der Waals surface area contributed by atoms with Gasteiger partial charge in [-0.15, -0.1) is 0 Å². The molecule has 0 atom stereocenters. The number of hydrogen-bond donors (Lipinski definition) is 0. The zero-order valence-electron chi connectivity index (χ0n) is 9.95. The third-order valence-electron chi connectivity index (χ3n) is 3.33. The zero-order chi connectivity index (χ0) is 12.5. The summed E-state index contributed by atoms with van der Waals surface area (Å²) in [6, 6.07) is 3.34. The van der Waals surface area contributed by atoms with E-state index >= 15 is 0 Å². The monoisotopic (exact) mass is 267 g/mol.